The predicted octanol–water partition coefficient (Wildman–Crippen LogP) is 3.98. The van der Waals surface area contributed by atoms with E-state index in [2.05, 4.69) is 5.10 Å². The first-order valence-corrected chi connectivity index (χ1v) is 9.66. The van der Waals surface area contributed by atoms with Gasteiger partial charge in [0.15, 0.2) is 0 Å². The van der Waals surface area contributed by atoms with Crippen LogP contribution in [-0.2, 0) is 22.7 Å². The molecule has 3 rings (SSSR count). The molecule has 0 aliphatic carbocycles. The smallest absolute Gasteiger partial charge is 0.273 e. The largest absolute Gasteiger partial charge is 0.432 e. The Hall–Kier alpha value is -2.17. The summed E-state index contributed by atoms with van der Waals surface area (Å²) in [6, 6.07) is 12.8. The van der Waals surface area contributed by atoms with Gasteiger partial charge in [-0.15, -0.1) is 11.3 Å². The average molecular weight is 401 g/mol. The molecular weight excluding hydrogens is 387 g/mol. The van der Waals surface area contributed by atoms with E-state index >= 15 is 0 Å². The summed E-state index contributed by atoms with van der Waals surface area (Å²) in [4.78, 5) is 0.337. The number of halogens is 3. The zero-order valence-electron chi connectivity index (χ0n) is 13.5. The van der Waals surface area contributed by atoms with Crippen molar-refractivity contribution in [2.75, 3.05) is 7.05 Å². The van der Waals surface area contributed by atoms with Crippen LogP contribution < -0.4 is 0 Å². The van der Waals surface area contributed by atoms with Gasteiger partial charge in [0.1, 0.15) is 15.6 Å². The van der Waals surface area contributed by atoms with Gasteiger partial charge >= 0.3 is 6.18 Å². The molecule has 3 aromatic rings. The van der Waals surface area contributed by atoms with Crippen molar-refractivity contribution in [3.8, 4) is 10.6 Å². The van der Waals surface area contributed by atoms with Crippen molar-refractivity contribution >= 4 is 21.4 Å². The molecule has 0 saturated heterocycles. The first-order valence-electron chi connectivity index (χ1n) is 7.41. The second-order valence-corrected chi connectivity index (χ2v) is 8.89. The number of benzene rings is 1. The van der Waals surface area contributed by atoms with Crippen molar-refractivity contribution in [2.45, 2.75) is 16.9 Å². The van der Waals surface area contributed by atoms with Crippen LogP contribution in [0.25, 0.3) is 10.6 Å². The Morgan fingerprint density at radius 3 is 2.46 bits per heavy atom. The van der Waals surface area contributed by atoms with Gasteiger partial charge in [0.05, 0.1) is 4.88 Å². The number of nitrogens with one attached hydrogen (secondary N) is 1. The lowest BCUT2D eigenvalue weighted by Crippen LogP contribution is -2.25. The second kappa shape index (κ2) is 6.86. The third-order valence-corrected chi connectivity index (χ3v) is 7.01. The number of hydrogen-bond acceptors (Lipinski definition) is 4. The lowest BCUT2D eigenvalue weighted by molar-refractivity contribution is -0.141. The zero-order valence-corrected chi connectivity index (χ0v) is 15.1. The molecule has 1 aromatic carbocycles. The van der Waals surface area contributed by atoms with E-state index in [1.165, 1.54) is 23.5 Å². The molecule has 1 N–H and O–H groups in total. The van der Waals surface area contributed by atoms with E-state index in [9.17, 15) is 21.6 Å². The van der Waals surface area contributed by atoms with Crippen molar-refractivity contribution < 1.29 is 21.6 Å². The van der Waals surface area contributed by atoms with Crippen molar-refractivity contribution in [3.63, 3.8) is 0 Å². The molecule has 0 unspecified atom stereocenters. The zero-order chi connectivity index (χ0) is 18.9. The van der Waals surface area contributed by atoms with Crippen molar-refractivity contribution in [3.05, 3.63) is 59.8 Å². The van der Waals surface area contributed by atoms with Crippen molar-refractivity contribution in [2.24, 2.45) is 0 Å². The van der Waals surface area contributed by atoms with Crippen LogP contribution in [0.2, 0.25) is 0 Å². The summed E-state index contributed by atoms with van der Waals surface area (Å²) in [6.45, 7) is 0.192. The molecule has 10 heteroatoms. The quantitative estimate of drug-likeness (QED) is 0.703. The minimum Gasteiger partial charge on any atom is -0.273 e. The maximum Gasteiger partial charge on any atom is 0.432 e. The highest BCUT2D eigenvalue weighted by atomic mass is 32.2. The Morgan fingerprint density at radius 2 is 1.85 bits per heavy atom. The van der Waals surface area contributed by atoms with Gasteiger partial charge < -0.3 is 0 Å². The summed E-state index contributed by atoms with van der Waals surface area (Å²) in [6.07, 6.45) is -4.53. The Balaban J connectivity index is 1.83. The summed E-state index contributed by atoms with van der Waals surface area (Å²) < 4.78 is 64.6. The van der Waals surface area contributed by atoms with Crippen LogP contribution in [0.15, 0.2) is 52.7 Å². The molecule has 2 heterocycles. The number of H-pyrrole nitrogens is 1. The number of aromatic amines is 1. The van der Waals surface area contributed by atoms with Crippen LogP contribution in [0.4, 0.5) is 13.2 Å². The third kappa shape index (κ3) is 3.81. The Morgan fingerprint density at radius 1 is 1.15 bits per heavy atom. The van der Waals surface area contributed by atoms with Gasteiger partial charge in [-0.2, -0.15) is 22.6 Å². The Bertz CT molecular complexity index is 995. The molecule has 26 heavy (non-hydrogen) atoms. The summed E-state index contributed by atoms with van der Waals surface area (Å²) >= 11 is 0.876. The molecule has 0 radical (unpaired) electrons. The molecule has 0 fully saturated rings. The van der Waals surface area contributed by atoms with Crippen LogP contribution in [0.3, 0.4) is 0 Å². The van der Waals surface area contributed by atoms with Crippen molar-refractivity contribution in [1.29, 1.82) is 0 Å². The number of hydrogen-bond donors (Lipinski definition) is 1. The van der Waals surface area contributed by atoms with Gasteiger partial charge in [-0.3, -0.25) is 5.10 Å². The Kier molecular flexibility index (Phi) is 4.91. The standard InChI is InChI=1S/C16H14F3N3O2S2/c1-22(10-11-5-3-2-4-6-11)26(23,24)15-8-7-13(25-15)12-9-14(21-20-12)16(17,18)19/h2-9H,10H2,1H3,(H,20,21). The molecule has 0 aliphatic heterocycles. The minimum absolute atomic E-state index is 0.0440. The highest BCUT2D eigenvalue weighted by Gasteiger charge is 2.33. The first-order chi connectivity index (χ1) is 12.2. The number of alkyl halides is 3. The van der Waals surface area contributed by atoms with E-state index in [1.807, 2.05) is 35.4 Å². The predicted molar refractivity (Wildman–Crippen MR) is 92.0 cm³/mol. The van der Waals surface area contributed by atoms with Crippen LogP contribution >= 0.6 is 11.3 Å². The van der Waals surface area contributed by atoms with E-state index in [4.69, 9.17) is 0 Å². The number of thiophene rings is 1. The SMILES string of the molecule is CN(Cc1ccccc1)S(=O)(=O)c1ccc(-c2cc(C(F)(F)F)[nH]n2)s1. The van der Waals surface area contributed by atoms with E-state index < -0.39 is 21.9 Å². The van der Waals surface area contributed by atoms with Crippen molar-refractivity contribution in [1.82, 2.24) is 14.5 Å². The normalized spacial score (nSPS) is 12.7. The minimum atomic E-state index is -4.53. The van der Waals surface area contributed by atoms with E-state index in [1.54, 1.807) is 0 Å². The molecule has 0 spiro atoms. The summed E-state index contributed by atoms with van der Waals surface area (Å²) in [5.41, 5.74) is -0.0986. The monoisotopic (exact) mass is 401 g/mol. The molecule has 2 aromatic heterocycles. The van der Waals surface area contributed by atoms with Gasteiger partial charge in [-0.25, -0.2) is 8.42 Å². The highest BCUT2D eigenvalue weighted by molar-refractivity contribution is 7.91. The van der Waals surface area contributed by atoms with E-state index in [0.717, 1.165) is 23.0 Å². The summed E-state index contributed by atoms with van der Waals surface area (Å²) in [5.74, 6) is 0. The lowest BCUT2D eigenvalue weighted by Gasteiger charge is -2.15. The number of rotatable bonds is 5. The van der Waals surface area contributed by atoms with Crippen LogP contribution in [0.1, 0.15) is 11.3 Å². The third-order valence-electron chi connectivity index (χ3n) is 3.63. The lowest BCUT2D eigenvalue weighted by atomic mass is 10.2. The van der Waals surface area contributed by atoms with E-state index in [0.29, 0.717) is 4.88 Å². The fourth-order valence-electron chi connectivity index (χ4n) is 2.27. The summed E-state index contributed by atoms with van der Waals surface area (Å²) in [5, 5.41) is 5.54. The molecule has 0 atom stereocenters. The number of sulfonamides is 1. The maximum absolute atomic E-state index is 12.7. The topological polar surface area (TPSA) is 66.1 Å². The molecule has 138 valence electrons. The maximum atomic E-state index is 12.7. The molecule has 0 aliphatic rings. The van der Waals surface area contributed by atoms with E-state index in [-0.39, 0.29) is 16.4 Å². The average Bonchev–Trinajstić information content (AvgIpc) is 3.24. The fraction of sp³-hybridized carbons (Fsp3) is 0.188. The van der Waals surface area contributed by atoms with Crippen LogP contribution in [0.5, 0.6) is 0 Å². The molecular formula is C16H14F3N3O2S2. The number of nitrogens with zero attached hydrogens (tertiary/aromatic N) is 2. The molecule has 0 saturated carbocycles. The second-order valence-electron chi connectivity index (χ2n) is 5.53. The highest BCUT2D eigenvalue weighted by Crippen LogP contribution is 2.34. The molecule has 5 nitrogen and oxygen atoms in total. The fourth-order valence-corrected chi connectivity index (χ4v) is 4.91. The molecule has 0 bridgehead atoms. The van der Waals surface area contributed by atoms with Gasteiger partial charge in [-0.05, 0) is 23.8 Å². The first kappa shape index (κ1) is 18.6. The van der Waals surface area contributed by atoms with Gasteiger partial charge in [0.25, 0.3) is 10.0 Å². The van der Waals surface area contributed by atoms with Gasteiger partial charge in [0.2, 0.25) is 0 Å². The van der Waals surface area contributed by atoms with Crippen LogP contribution in [-0.4, -0.2) is 30.0 Å². The number of aromatic nitrogens is 2. The van der Waals surface area contributed by atoms with Gasteiger partial charge in [0, 0.05) is 13.6 Å². The summed E-state index contributed by atoms with van der Waals surface area (Å²) in [7, 11) is -2.30. The van der Waals surface area contributed by atoms with Gasteiger partial charge in [-0.1, -0.05) is 30.3 Å². The Labute approximate surface area is 152 Å². The molecule has 0 amide bonds. The van der Waals surface area contributed by atoms with Crippen LogP contribution in [0, 0.1) is 0 Å².